The molecule has 0 bridgehead atoms. The van der Waals surface area contributed by atoms with E-state index < -0.39 is 0 Å². The zero-order valence-electron chi connectivity index (χ0n) is 14.0. The van der Waals surface area contributed by atoms with Crippen LogP contribution < -0.4 is 5.32 Å². The van der Waals surface area contributed by atoms with Gasteiger partial charge in [0.05, 0.1) is 24.2 Å². The summed E-state index contributed by atoms with van der Waals surface area (Å²) in [4.78, 5) is 21.8. The average Bonchev–Trinajstić information content (AvgIpc) is 3.03. The Morgan fingerprint density at radius 2 is 2.21 bits per heavy atom. The first-order valence-electron chi connectivity index (χ1n) is 8.32. The summed E-state index contributed by atoms with van der Waals surface area (Å²) in [5.41, 5.74) is 1.87. The number of para-hydroxylation sites is 2. The van der Waals surface area contributed by atoms with Gasteiger partial charge >= 0.3 is 0 Å². The number of benzene rings is 1. The van der Waals surface area contributed by atoms with E-state index in [9.17, 15) is 4.79 Å². The maximum Gasteiger partial charge on any atom is 0.246 e. The number of morpholine rings is 1. The van der Waals surface area contributed by atoms with Crippen molar-refractivity contribution in [3.05, 3.63) is 30.1 Å². The summed E-state index contributed by atoms with van der Waals surface area (Å²) in [5, 5.41) is 2.92. The fourth-order valence-corrected chi connectivity index (χ4v) is 2.77. The van der Waals surface area contributed by atoms with Crippen LogP contribution in [0.4, 0.5) is 0 Å². The Bertz CT molecular complexity index is 634. The van der Waals surface area contributed by atoms with Crippen molar-refractivity contribution in [2.45, 2.75) is 19.6 Å². The van der Waals surface area contributed by atoms with E-state index in [1.807, 2.05) is 24.3 Å². The predicted molar refractivity (Wildman–Crippen MR) is 90.6 cm³/mol. The number of carbonyl (C=O) groups is 1. The van der Waals surface area contributed by atoms with Crippen LogP contribution in [-0.2, 0) is 20.9 Å². The molecule has 1 aliphatic heterocycles. The molecule has 24 heavy (non-hydrogen) atoms. The van der Waals surface area contributed by atoms with Gasteiger partial charge in [-0.3, -0.25) is 9.69 Å². The molecule has 1 fully saturated rings. The number of ether oxygens (including phenoxy) is 2. The number of nitrogens with one attached hydrogen (secondary N) is 2. The van der Waals surface area contributed by atoms with Crippen LogP contribution in [0.2, 0.25) is 0 Å². The second-order valence-electron chi connectivity index (χ2n) is 5.99. The molecule has 1 aromatic heterocycles. The summed E-state index contributed by atoms with van der Waals surface area (Å²) in [6.07, 6.45) is 0. The largest absolute Gasteiger partial charge is 0.379 e. The van der Waals surface area contributed by atoms with E-state index in [0.29, 0.717) is 19.2 Å². The van der Waals surface area contributed by atoms with Gasteiger partial charge in [-0.05, 0) is 19.1 Å². The molecule has 3 rings (SSSR count). The molecule has 0 radical (unpaired) electrons. The summed E-state index contributed by atoms with van der Waals surface area (Å²) in [7, 11) is 0. The van der Waals surface area contributed by atoms with Crippen molar-refractivity contribution >= 4 is 16.9 Å². The molecule has 0 saturated carbocycles. The van der Waals surface area contributed by atoms with E-state index in [2.05, 4.69) is 27.1 Å². The first-order chi connectivity index (χ1) is 11.7. The van der Waals surface area contributed by atoms with Crippen LogP contribution >= 0.6 is 0 Å². The minimum Gasteiger partial charge on any atom is -0.379 e. The van der Waals surface area contributed by atoms with E-state index >= 15 is 0 Å². The Labute approximate surface area is 141 Å². The number of amides is 1. The quantitative estimate of drug-likeness (QED) is 0.788. The standard InChI is InChI=1S/C17H24N4O3/c1-13(21-6-8-23-9-7-21)10-18-17(22)12-24-11-16-19-14-4-2-3-5-15(14)20-16/h2-5,13H,6-12H2,1H3,(H,18,22)(H,19,20). The van der Waals surface area contributed by atoms with Gasteiger partial charge in [0.25, 0.3) is 0 Å². The number of fused-ring (bicyclic) bond motifs is 1. The maximum atomic E-state index is 11.9. The highest BCUT2D eigenvalue weighted by Gasteiger charge is 2.17. The normalized spacial score (nSPS) is 17.0. The van der Waals surface area contributed by atoms with Crippen LogP contribution in [0.15, 0.2) is 24.3 Å². The Morgan fingerprint density at radius 3 is 3.00 bits per heavy atom. The third kappa shape index (κ3) is 4.53. The van der Waals surface area contributed by atoms with Crippen molar-refractivity contribution in [3.63, 3.8) is 0 Å². The van der Waals surface area contributed by atoms with Crippen molar-refractivity contribution in [3.8, 4) is 0 Å². The molecule has 1 aliphatic rings. The Morgan fingerprint density at radius 1 is 1.42 bits per heavy atom. The molecular formula is C17H24N4O3. The second kappa shape index (κ2) is 8.23. The summed E-state index contributed by atoms with van der Waals surface area (Å²) in [6, 6.07) is 8.10. The summed E-state index contributed by atoms with van der Waals surface area (Å²) >= 11 is 0. The molecule has 7 nitrogen and oxygen atoms in total. The fourth-order valence-electron chi connectivity index (χ4n) is 2.77. The smallest absolute Gasteiger partial charge is 0.246 e. The number of H-pyrrole nitrogens is 1. The number of aromatic amines is 1. The lowest BCUT2D eigenvalue weighted by Gasteiger charge is -2.32. The SMILES string of the molecule is CC(CNC(=O)COCc1nc2ccccc2[nH]1)N1CCOCC1. The highest BCUT2D eigenvalue weighted by molar-refractivity contribution is 5.77. The molecule has 1 saturated heterocycles. The van der Waals surface area contributed by atoms with E-state index in [-0.39, 0.29) is 12.5 Å². The van der Waals surface area contributed by atoms with E-state index in [0.717, 1.165) is 43.2 Å². The number of nitrogens with zero attached hydrogens (tertiary/aromatic N) is 2. The monoisotopic (exact) mass is 332 g/mol. The van der Waals surface area contributed by atoms with Crippen LogP contribution in [-0.4, -0.2) is 66.3 Å². The van der Waals surface area contributed by atoms with Gasteiger partial charge in [-0.1, -0.05) is 12.1 Å². The Balaban J connectivity index is 1.36. The van der Waals surface area contributed by atoms with Crippen LogP contribution in [0.25, 0.3) is 11.0 Å². The molecule has 1 unspecified atom stereocenters. The number of carbonyl (C=O) groups excluding carboxylic acids is 1. The van der Waals surface area contributed by atoms with Crippen molar-refractivity contribution in [1.29, 1.82) is 0 Å². The molecule has 2 heterocycles. The molecule has 130 valence electrons. The lowest BCUT2D eigenvalue weighted by molar-refractivity contribution is -0.126. The predicted octanol–water partition coefficient (Wildman–Crippen LogP) is 0.916. The van der Waals surface area contributed by atoms with Gasteiger partial charge in [0.2, 0.25) is 5.91 Å². The topological polar surface area (TPSA) is 79.5 Å². The van der Waals surface area contributed by atoms with Crippen molar-refractivity contribution < 1.29 is 14.3 Å². The molecule has 1 aromatic carbocycles. The zero-order valence-corrected chi connectivity index (χ0v) is 14.0. The lowest BCUT2D eigenvalue weighted by atomic mass is 10.2. The Kier molecular flexibility index (Phi) is 5.79. The highest BCUT2D eigenvalue weighted by Crippen LogP contribution is 2.10. The third-order valence-electron chi connectivity index (χ3n) is 4.17. The minimum atomic E-state index is -0.105. The summed E-state index contributed by atoms with van der Waals surface area (Å²) in [5.74, 6) is 0.622. The zero-order chi connectivity index (χ0) is 16.8. The molecule has 0 aliphatic carbocycles. The molecule has 0 spiro atoms. The summed E-state index contributed by atoms with van der Waals surface area (Å²) in [6.45, 7) is 6.42. The van der Waals surface area contributed by atoms with Crippen molar-refractivity contribution in [2.75, 3.05) is 39.5 Å². The first kappa shape index (κ1) is 16.9. The van der Waals surface area contributed by atoms with Gasteiger partial charge in [-0.25, -0.2) is 4.98 Å². The van der Waals surface area contributed by atoms with Crippen molar-refractivity contribution in [1.82, 2.24) is 20.2 Å². The highest BCUT2D eigenvalue weighted by atomic mass is 16.5. The third-order valence-corrected chi connectivity index (χ3v) is 4.17. The number of hydrogen-bond donors (Lipinski definition) is 2. The van der Waals surface area contributed by atoms with Crippen molar-refractivity contribution in [2.24, 2.45) is 0 Å². The lowest BCUT2D eigenvalue weighted by Crippen LogP contribution is -2.47. The molecule has 1 amide bonds. The van der Waals surface area contributed by atoms with Gasteiger partial charge < -0.3 is 19.8 Å². The number of imidazole rings is 1. The van der Waals surface area contributed by atoms with E-state index in [1.54, 1.807) is 0 Å². The van der Waals surface area contributed by atoms with Gasteiger partial charge in [-0.15, -0.1) is 0 Å². The number of rotatable bonds is 7. The van der Waals surface area contributed by atoms with Crippen LogP contribution in [0.1, 0.15) is 12.7 Å². The van der Waals surface area contributed by atoms with Gasteiger partial charge in [0, 0.05) is 25.7 Å². The average molecular weight is 332 g/mol. The van der Waals surface area contributed by atoms with Gasteiger partial charge in [0.15, 0.2) is 0 Å². The number of hydrogen-bond acceptors (Lipinski definition) is 5. The summed E-state index contributed by atoms with van der Waals surface area (Å²) < 4.78 is 10.8. The fraction of sp³-hybridized carbons (Fsp3) is 0.529. The number of aromatic nitrogens is 2. The molecule has 2 N–H and O–H groups in total. The Hall–Kier alpha value is -1.96. The second-order valence-corrected chi connectivity index (χ2v) is 5.99. The first-order valence-corrected chi connectivity index (χ1v) is 8.32. The van der Waals surface area contributed by atoms with E-state index in [1.165, 1.54) is 0 Å². The van der Waals surface area contributed by atoms with Gasteiger partial charge in [-0.2, -0.15) is 0 Å². The van der Waals surface area contributed by atoms with Crippen LogP contribution in [0.5, 0.6) is 0 Å². The molecule has 1 atom stereocenters. The maximum absolute atomic E-state index is 11.9. The van der Waals surface area contributed by atoms with Gasteiger partial charge in [0.1, 0.15) is 19.0 Å². The molecule has 2 aromatic rings. The van der Waals surface area contributed by atoms with Crippen LogP contribution in [0, 0.1) is 0 Å². The van der Waals surface area contributed by atoms with Crippen LogP contribution in [0.3, 0.4) is 0 Å². The van der Waals surface area contributed by atoms with E-state index in [4.69, 9.17) is 9.47 Å². The molecule has 7 heteroatoms. The molecular weight excluding hydrogens is 308 g/mol. The minimum absolute atomic E-state index is 0.0346.